The zero-order valence-corrected chi connectivity index (χ0v) is 13.6. The fraction of sp³-hybridized carbons (Fsp3) is 0.278. The standard InChI is InChI=1S/C18H20ClNO2/c1-3-16(14-10-8-13(2)9-11-14)20-18(21)12-22-17-7-5-4-6-15(17)19/h4-11,16H,3,12H2,1-2H3,(H,20,21)/t16-/m0/s1. The smallest absolute Gasteiger partial charge is 0.258 e. The highest BCUT2D eigenvalue weighted by atomic mass is 35.5. The summed E-state index contributed by atoms with van der Waals surface area (Å²) in [5.41, 5.74) is 2.30. The van der Waals surface area contributed by atoms with Gasteiger partial charge in [-0.1, -0.05) is 60.5 Å². The second-order valence-electron chi connectivity index (χ2n) is 5.16. The number of hydrogen-bond donors (Lipinski definition) is 1. The zero-order valence-electron chi connectivity index (χ0n) is 12.8. The second kappa shape index (κ2) is 7.85. The molecule has 1 N–H and O–H groups in total. The van der Waals surface area contributed by atoms with Crippen LogP contribution in [-0.2, 0) is 4.79 Å². The second-order valence-corrected chi connectivity index (χ2v) is 5.57. The summed E-state index contributed by atoms with van der Waals surface area (Å²) in [6.45, 7) is 4.03. The van der Waals surface area contributed by atoms with E-state index in [2.05, 4.69) is 5.32 Å². The van der Waals surface area contributed by atoms with Gasteiger partial charge in [-0.05, 0) is 31.0 Å². The van der Waals surface area contributed by atoms with E-state index in [0.717, 1.165) is 12.0 Å². The average molecular weight is 318 g/mol. The summed E-state index contributed by atoms with van der Waals surface area (Å²) in [6.07, 6.45) is 0.820. The van der Waals surface area contributed by atoms with Crippen LogP contribution in [0.2, 0.25) is 5.02 Å². The molecule has 0 aromatic heterocycles. The molecule has 0 aliphatic carbocycles. The minimum atomic E-state index is -0.160. The summed E-state index contributed by atoms with van der Waals surface area (Å²) < 4.78 is 5.45. The van der Waals surface area contributed by atoms with Gasteiger partial charge < -0.3 is 10.1 Å². The van der Waals surface area contributed by atoms with Crippen LogP contribution in [0.25, 0.3) is 0 Å². The molecule has 0 saturated heterocycles. The first-order chi connectivity index (χ1) is 10.6. The molecule has 2 aromatic rings. The number of nitrogens with one attached hydrogen (secondary N) is 1. The molecule has 0 spiro atoms. The molecule has 0 aliphatic heterocycles. The lowest BCUT2D eigenvalue weighted by Crippen LogP contribution is -2.32. The van der Waals surface area contributed by atoms with E-state index >= 15 is 0 Å². The SMILES string of the molecule is CC[C@H](NC(=O)COc1ccccc1Cl)c1ccc(C)cc1. The third-order valence-corrected chi connectivity index (χ3v) is 3.73. The Morgan fingerprint density at radius 3 is 2.50 bits per heavy atom. The van der Waals surface area contributed by atoms with Crippen molar-refractivity contribution < 1.29 is 9.53 Å². The van der Waals surface area contributed by atoms with Crippen molar-refractivity contribution in [3.05, 3.63) is 64.7 Å². The Kier molecular flexibility index (Phi) is 5.84. The molecule has 0 radical (unpaired) electrons. The van der Waals surface area contributed by atoms with Crippen LogP contribution in [0.3, 0.4) is 0 Å². The Hall–Kier alpha value is -2.00. The molecule has 3 nitrogen and oxygen atoms in total. The monoisotopic (exact) mass is 317 g/mol. The summed E-state index contributed by atoms with van der Waals surface area (Å²) >= 11 is 5.99. The van der Waals surface area contributed by atoms with Gasteiger partial charge in [-0.25, -0.2) is 0 Å². The van der Waals surface area contributed by atoms with Crippen LogP contribution in [0.1, 0.15) is 30.5 Å². The van der Waals surface area contributed by atoms with Gasteiger partial charge >= 0.3 is 0 Å². The molecule has 0 aliphatic rings. The van der Waals surface area contributed by atoms with Gasteiger partial charge in [-0.3, -0.25) is 4.79 Å². The predicted octanol–water partition coefficient (Wildman–Crippen LogP) is 4.29. The molecule has 0 saturated carbocycles. The molecule has 0 fully saturated rings. The summed E-state index contributed by atoms with van der Waals surface area (Å²) in [6, 6.07) is 15.3. The Morgan fingerprint density at radius 2 is 1.86 bits per heavy atom. The highest BCUT2D eigenvalue weighted by Crippen LogP contribution is 2.23. The van der Waals surface area contributed by atoms with Crippen LogP contribution < -0.4 is 10.1 Å². The molecule has 0 bridgehead atoms. The van der Waals surface area contributed by atoms with E-state index in [0.29, 0.717) is 10.8 Å². The number of amides is 1. The minimum absolute atomic E-state index is 0.0112. The number of rotatable bonds is 6. The van der Waals surface area contributed by atoms with Gasteiger partial charge in [0.1, 0.15) is 5.75 Å². The number of hydrogen-bond acceptors (Lipinski definition) is 2. The van der Waals surface area contributed by atoms with Crippen molar-refractivity contribution in [2.75, 3.05) is 6.61 Å². The third kappa shape index (κ3) is 4.50. The van der Waals surface area contributed by atoms with Gasteiger partial charge in [-0.2, -0.15) is 0 Å². The van der Waals surface area contributed by atoms with E-state index in [1.54, 1.807) is 12.1 Å². The van der Waals surface area contributed by atoms with Crippen molar-refractivity contribution in [2.24, 2.45) is 0 Å². The maximum Gasteiger partial charge on any atom is 0.258 e. The van der Waals surface area contributed by atoms with Gasteiger partial charge in [0.15, 0.2) is 6.61 Å². The highest BCUT2D eigenvalue weighted by Gasteiger charge is 2.13. The third-order valence-electron chi connectivity index (χ3n) is 3.42. The number of halogens is 1. The highest BCUT2D eigenvalue weighted by molar-refractivity contribution is 6.32. The van der Waals surface area contributed by atoms with Crippen LogP contribution in [0.5, 0.6) is 5.75 Å². The first-order valence-electron chi connectivity index (χ1n) is 7.33. The van der Waals surface area contributed by atoms with Crippen molar-refractivity contribution in [3.63, 3.8) is 0 Å². The number of carbonyl (C=O) groups excluding carboxylic acids is 1. The molecular formula is C18H20ClNO2. The minimum Gasteiger partial charge on any atom is -0.482 e. The summed E-state index contributed by atoms with van der Waals surface area (Å²) in [5.74, 6) is 0.357. The molecule has 0 heterocycles. The van der Waals surface area contributed by atoms with Crippen LogP contribution >= 0.6 is 11.6 Å². The Bertz CT molecular complexity index is 625. The molecule has 116 valence electrons. The van der Waals surface area contributed by atoms with Crippen LogP contribution in [0.4, 0.5) is 0 Å². The van der Waals surface area contributed by atoms with Crippen LogP contribution in [0.15, 0.2) is 48.5 Å². The Balaban J connectivity index is 1.92. The largest absolute Gasteiger partial charge is 0.482 e. The molecule has 2 rings (SSSR count). The molecule has 22 heavy (non-hydrogen) atoms. The van der Waals surface area contributed by atoms with Crippen molar-refractivity contribution in [1.29, 1.82) is 0 Å². The van der Waals surface area contributed by atoms with E-state index in [1.165, 1.54) is 5.56 Å². The molecule has 4 heteroatoms. The molecule has 1 atom stereocenters. The van der Waals surface area contributed by atoms with Gasteiger partial charge in [0.25, 0.3) is 5.91 Å². The average Bonchev–Trinajstić information content (AvgIpc) is 2.53. The molecule has 2 aromatic carbocycles. The van der Waals surface area contributed by atoms with Crippen LogP contribution in [-0.4, -0.2) is 12.5 Å². The van der Waals surface area contributed by atoms with Crippen LogP contribution in [0, 0.1) is 6.92 Å². The lowest BCUT2D eigenvalue weighted by Gasteiger charge is -2.18. The summed E-state index contributed by atoms with van der Waals surface area (Å²) in [5, 5.41) is 3.49. The fourth-order valence-corrected chi connectivity index (χ4v) is 2.35. The number of ether oxygens (including phenoxy) is 1. The molecular weight excluding hydrogens is 298 g/mol. The Labute approximate surface area is 136 Å². The van der Waals surface area contributed by atoms with Gasteiger partial charge in [0, 0.05) is 0 Å². The Morgan fingerprint density at radius 1 is 1.18 bits per heavy atom. The first kappa shape index (κ1) is 16.4. The van der Waals surface area contributed by atoms with E-state index in [9.17, 15) is 4.79 Å². The zero-order chi connectivity index (χ0) is 15.9. The lowest BCUT2D eigenvalue weighted by molar-refractivity contribution is -0.123. The first-order valence-corrected chi connectivity index (χ1v) is 7.71. The fourth-order valence-electron chi connectivity index (χ4n) is 2.16. The maximum absolute atomic E-state index is 12.1. The van der Waals surface area contributed by atoms with Crippen molar-refractivity contribution in [2.45, 2.75) is 26.3 Å². The van der Waals surface area contributed by atoms with Gasteiger partial charge in [0.2, 0.25) is 0 Å². The topological polar surface area (TPSA) is 38.3 Å². The van der Waals surface area contributed by atoms with E-state index in [-0.39, 0.29) is 18.6 Å². The quantitative estimate of drug-likeness (QED) is 0.863. The van der Waals surface area contributed by atoms with E-state index in [4.69, 9.17) is 16.3 Å². The number of para-hydroxylation sites is 1. The molecule has 0 unspecified atom stereocenters. The summed E-state index contributed by atoms with van der Waals surface area (Å²) in [4.78, 5) is 12.1. The lowest BCUT2D eigenvalue weighted by atomic mass is 10.0. The maximum atomic E-state index is 12.1. The van der Waals surface area contributed by atoms with Crippen molar-refractivity contribution in [3.8, 4) is 5.75 Å². The van der Waals surface area contributed by atoms with Gasteiger partial charge in [-0.15, -0.1) is 0 Å². The van der Waals surface area contributed by atoms with E-state index in [1.807, 2.05) is 50.2 Å². The summed E-state index contributed by atoms with van der Waals surface area (Å²) in [7, 11) is 0. The number of benzene rings is 2. The van der Waals surface area contributed by atoms with Crippen molar-refractivity contribution >= 4 is 17.5 Å². The van der Waals surface area contributed by atoms with Crippen molar-refractivity contribution in [1.82, 2.24) is 5.32 Å². The van der Waals surface area contributed by atoms with E-state index < -0.39 is 0 Å². The van der Waals surface area contributed by atoms with Gasteiger partial charge in [0.05, 0.1) is 11.1 Å². The normalized spacial score (nSPS) is 11.8. The molecule has 1 amide bonds. The number of aryl methyl sites for hydroxylation is 1. The number of carbonyl (C=O) groups is 1. The predicted molar refractivity (Wildman–Crippen MR) is 89.3 cm³/mol.